The highest BCUT2D eigenvalue weighted by molar-refractivity contribution is 5.98. The number of carbonyl (C=O) groups is 3. The van der Waals surface area contributed by atoms with E-state index in [2.05, 4.69) is 0 Å². The highest BCUT2D eigenvalue weighted by atomic mass is 16.5. The van der Waals surface area contributed by atoms with Crippen LogP contribution in [0.25, 0.3) is 0 Å². The number of carbonyl (C=O) groups excluding carboxylic acids is 3. The van der Waals surface area contributed by atoms with Crippen molar-refractivity contribution in [2.75, 3.05) is 24.5 Å². The van der Waals surface area contributed by atoms with E-state index in [1.54, 1.807) is 34.1 Å². The fraction of sp³-hybridized carbons (Fsp3) is 0.348. The second kappa shape index (κ2) is 8.18. The van der Waals surface area contributed by atoms with Gasteiger partial charge in [-0.25, -0.2) is 0 Å². The summed E-state index contributed by atoms with van der Waals surface area (Å²) in [4.78, 5) is 41.1. The summed E-state index contributed by atoms with van der Waals surface area (Å²) in [5, 5.41) is 9.39. The third kappa shape index (κ3) is 3.87. The van der Waals surface area contributed by atoms with Crippen LogP contribution in [0, 0.1) is 5.92 Å². The summed E-state index contributed by atoms with van der Waals surface area (Å²) in [7, 11) is 0. The van der Waals surface area contributed by atoms with Gasteiger partial charge in [0.2, 0.25) is 5.91 Å². The first-order valence-electron chi connectivity index (χ1n) is 10.1. The minimum absolute atomic E-state index is 0.0349. The molecule has 2 aliphatic rings. The van der Waals surface area contributed by atoms with Crippen molar-refractivity contribution >= 4 is 23.3 Å². The number of aromatic hydroxyl groups is 1. The van der Waals surface area contributed by atoms with Gasteiger partial charge in [0.1, 0.15) is 11.5 Å². The zero-order valence-corrected chi connectivity index (χ0v) is 16.8. The van der Waals surface area contributed by atoms with Gasteiger partial charge >= 0.3 is 0 Å². The fourth-order valence-electron chi connectivity index (χ4n) is 4.09. The van der Waals surface area contributed by atoms with Crippen molar-refractivity contribution in [1.82, 2.24) is 4.90 Å². The number of nitrogens with zero attached hydrogens (tertiary/aromatic N) is 2. The molecule has 30 heavy (non-hydrogen) atoms. The molecule has 2 amide bonds. The normalized spacial score (nSPS) is 19.0. The zero-order chi connectivity index (χ0) is 21.3. The quantitative estimate of drug-likeness (QED) is 0.789. The van der Waals surface area contributed by atoms with E-state index < -0.39 is 6.10 Å². The van der Waals surface area contributed by atoms with Crippen molar-refractivity contribution in [3.05, 3.63) is 54.1 Å². The lowest BCUT2D eigenvalue weighted by Gasteiger charge is -2.38. The summed E-state index contributed by atoms with van der Waals surface area (Å²) in [6.45, 7) is 2.59. The van der Waals surface area contributed by atoms with Gasteiger partial charge in [-0.05, 0) is 49.2 Å². The minimum atomic E-state index is -0.756. The van der Waals surface area contributed by atoms with E-state index in [-0.39, 0.29) is 35.8 Å². The molecule has 2 heterocycles. The number of benzene rings is 2. The van der Waals surface area contributed by atoms with E-state index >= 15 is 0 Å². The van der Waals surface area contributed by atoms with Crippen molar-refractivity contribution in [1.29, 1.82) is 0 Å². The number of Topliss-reactive ketones (excluding diaryl/α,β-unsaturated/α-hetero) is 1. The van der Waals surface area contributed by atoms with Crippen molar-refractivity contribution in [3.63, 3.8) is 0 Å². The number of fused-ring (bicyclic) bond motifs is 1. The Balaban J connectivity index is 1.40. The summed E-state index contributed by atoms with van der Waals surface area (Å²) in [6.07, 6.45) is 0.393. The molecule has 0 aromatic heterocycles. The number of amides is 2. The second-order valence-electron chi connectivity index (χ2n) is 7.71. The molecule has 2 aliphatic heterocycles. The molecule has 7 nitrogen and oxygen atoms in total. The number of hydrogen-bond donors (Lipinski definition) is 1. The number of phenols is 1. The van der Waals surface area contributed by atoms with Gasteiger partial charge < -0.3 is 19.6 Å². The van der Waals surface area contributed by atoms with E-state index in [0.717, 1.165) is 0 Å². The van der Waals surface area contributed by atoms with Crippen LogP contribution in [-0.2, 0) is 9.59 Å². The Morgan fingerprint density at radius 3 is 2.33 bits per heavy atom. The molecular weight excluding hydrogens is 384 g/mol. The molecular formula is C23H24N2O5. The summed E-state index contributed by atoms with van der Waals surface area (Å²) in [5.74, 6) is 0.233. The predicted molar refractivity (Wildman–Crippen MR) is 111 cm³/mol. The van der Waals surface area contributed by atoms with Crippen molar-refractivity contribution in [3.8, 4) is 11.5 Å². The number of piperidine rings is 1. The van der Waals surface area contributed by atoms with E-state index in [0.29, 0.717) is 42.9 Å². The van der Waals surface area contributed by atoms with Crippen LogP contribution in [0.2, 0.25) is 0 Å². The number of rotatable bonds is 3. The second-order valence-corrected chi connectivity index (χ2v) is 7.71. The van der Waals surface area contributed by atoms with E-state index in [4.69, 9.17) is 4.74 Å². The van der Waals surface area contributed by atoms with Crippen molar-refractivity contribution in [2.45, 2.75) is 25.9 Å². The van der Waals surface area contributed by atoms with E-state index in [1.165, 1.54) is 19.1 Å². The van der Waals surface area contributed by atoms with Gasteiger partial charge in [0, 0.05) is 31.5 Å². The van der Waals surface area contributed by atoms with Gasteiger partial charge in [0.25, 0.3) is 5.91 Å². The molecule has 0 radical (unpaired) electrons. The molecule has 156 valence electrons. The largest absolute Gasteiger partial charge is 0.508 e. The summed E-state index contributed by atoms with van der Waals surface area (Å²) >= 11 is 0. The van der Waals surface area contributed by atoms with Gasteiger partial charge in [-0.2, -0.15) is 0 Å². The first-order chi connectivity index (χ1) is 14.4. The molecule has 0 aliphatic carbocycles. The van der Waals surface area contributed by atoms with Crippen LogP contribution in [0.5, 0.6) is 11.5 Å². The lowest BCUT2D eigenvalue weighted by atomic mass is 9.88. The van der Waals surface area contributed by atoms with Gasteiger partial charge in [-0.1, -0.05) is 12.1 Å². The van der Waals surface area contributed by atoms with Crippen LogP contribution in [0.4, 0.5) is 5.69 Å². The van der Waals surface area contributed by atoms with Gasteiger partial charge in [-0.3, -0.25) is 14.4 Å². The Hall–Kier alpha value is -3.35. The maximum absolute atomic E-state index is 13.1. The third-order valence-corrected chi connectivity index (χ3v) is 5.76. The lowest BCUT2D eigenvalue weighted by molar-refractivity contribution is -0.140. The fourth-order valence-corrected chi connectivity index (χ4v) is 4.09. The van der Waals surface area contributed by atoms with Crippen molar-refractivity contribution < 1.29 is 24.2 Å². The summed E-state index contributed by atoms with van der Waals surface area (Å²) in [6, 6.07) is 13.5. The average molecular weight is 408 g/mol. The SMILES string of the molecule is CC(=O)N1CC(C(=O)N2CCC(C(=O)c3ccc(O)cc3)CC2)Oc2ccccc21. The average Bonchev–Trinajstić information content (AvgIpc) is 2.78. The molecule has 2 aromatic rings. The van der Waals surface area contributed by atoms with E-state index in [9.17, 15) is 19.5 Å². The maximum atomic E-state index is 13.1. The van der Waals surface area contributed by atoms with Gasteiger partial charge in [-0.15, -0.1) is 0 Å². The topological polar surface area (TPSA) is 87.2 Å². The van der Waals surface area contributed by atoms with Crippen LogP contribution in [0.1, 0.15) is 30.1 Å². The Morgan fingerprint density at radius 1 is 1.00 bits per heavy atom. The van der Waals surface area contributed by atoms with Crippen LogP contribution in [-0.4, -0.2) is 53.3 Å². The van der Waals surface area contributed by atoms with Crippen LogP contribution in [0.3, 0.4) is 0 Å². The molecule has 1 fully saturated rings. The molecule has 1 atom stereocenters. The number of anilines is 1. The summed E-state index contributed by atoms with van der Waals surface area (Å²) in [5.41, 5.74) is 1.24. The van der Waals surface area contributed by atoms with Crippen molar-refractivity contribution in [2.24, 2.45) is 5.92 Å². The van der Waals surface area contributed by atoms with Crippen LogP contribution in [0.15, 0.2) is 48.5 Å². The highest BCUT2D eigenvalue weighted by Crippen LogP contribution is 2.34. The van der Waals surface area contributed by atoms with Crippen LogP contribution < -0.4 is 9.64 Å². The molecule has 1 unspecified atom stereocenters. The smallest absolute Gasteiger partial charge is 0.265 e. The lowest BCUT2D eigenvalue weighted by Crippen LogP contribution is -2.53. The molecule has 0 spiro atoms. The number of ketones is 1. The zero-order valence-electron chi connectivity index (χ0n) is 16.8. The predicted octanol–water partition coefficient (Wildman–Crippen LogP) is 2.63. The summed E-state index contributed by atoms with van der Waals surface area (Å²) < 4.78 is 5.91. The van der Waals surface area contributed by atoms with Gasteiger partial charge in [0.05, 0.1) is 12.2 Å². The number of hydrogen-bond acceptors (Lipinski definition) is 5. The number of phenolic OH excluding ortho intramolecular Hbond substituents is 1. The highest BCUT2D eigenvalue weighted by Gasteiger charge is 2.37. The number of para-hydroxylation sites is 2. The molecule has 2 aromatic carbocycles. The Kier molecular flexibility index (Phi) is 5.44. The molecule has 0 saturated carbocycles. The molecule has 1 N–H and O–H groups in total. The first kappa shape index (κ1) is 19.9. The standard InChI is InChI=1S/C23H24N2O5/c1-15(26)25-14-21(30-20-5-3-2-4-19(20)25)23(29)24-12-10-17(11-13-24)22(28)16-6-8-18(27)9-7-16/h2-9,17,21,27H,10-14H2,1H3. The Morgan fingerprint density at radius 2 is 1.67 bits per heavy atom. The van der Waals surface area contributed by atoms with Gasteiger partial charge in [0.15, 0.2) is 11.9 Å². The van der Waals surface area contributed by atoms with Crippen LogP contribution >= 0.6 is 0 Å². The molecule has 7 heteroatoms. The third-order valence-electron chi connectivity index (χ3n) is 5.76. The Bertz CT molecular complexity index is 964. The maximum Gasteiger partial charge on any atom is 0.265 e. The molecule has 0 bridgehead atoms. The monoisotopic (exact) mass is 408 g/mol. The molecule has 4 rings (SSSR count). The first-order valence-corrected chi connectivity index (χ1v) is 10.1. The number of likely N-dealkylation sites (tertiary alicyclic amines) is 1. The number of ether oxygens (including phenoxy) is 1. The van der Waals surface area contributed by atoms with E-state index in [1.807, 2.05) is 12.1 Å². The minimum Gasteiger partial charge on any atom is -0.508 e. The Labute approximate surface area is 174 Å². The molecule has 1 saturated heterocycles.